The topological polar surface area (TPSA) is 46.5 Å². The van der Waals surface area contributed by atoms with Crippen LogP contribution in [0.3, 0.4) is 0 Å². The third-order valence-corrected chi connectivity index (χ3v) is 2.36. The Hall–Kier alpha value is -1.61. The number of Topliss-reactive ketones (excluding diaryl/α,β-unsaturated/α-hetero) is 1. The minimum absolute atomic E-state index is 0.0141. The van der Waals surface area contributed by atoms with E-state index in [9.17, 15) is 4.79 Å². The van der Waals surface area contributed by atoms with Crippen LogP contribution in [0.25, 0.3) is 0 Å². The Balaban J connectivity index is 2.83. The van der Waals surface area contributed by atoms with Gasteiger partial charge in [-0.15, -0.1) is 0 Å². The summed E-state index contributed by atoms with van der Waals surface area (Å²) in [5.74, 6) is 0.613. The number of rotatable bonds is 5. The van der Waals surface area contributed by atoms with Gasteiger partial charge in [0.2, 0.25) is 0 Å². The maximum Gasteiger partial charge on any atom is 0.159 e. The molecule has 0 heterocycles. The fourth-order valence-corrected chi connectivity index (χ4v) is 1.17. The molecular weight excluding hydrogens is 204 g/mol. The highest BCUT2D eigenvalue weighted by atomic mass is 16.5. The van der Waals surface area contributed by atoms with Crippen LogP contribution in [0.4, 0.5) is 0 Å². The molecule has 0 saturated heterocycles. The summed E-state index contributed by atoms with van der Waals surface area (Å²) in [6.07, 6.45) is 1.55. The predicted molar refractivity (Wildman–Crippen MR) is 62.8 cm³/mol. The summed E-state index contributed by atoms with van der Waals surface area (Å²) >= 11 is 0. The lowest BCUT2D eigenvalue weighted by atomic mass is 10.1. The van der Waals surface area contributed by atoms with Crippen LogP contribution < -0.4 is 4.74 Å². The number of ether oxygens (including phenoxy) is 1. The second-order valence-corrected chi connectivity index (χ2v) is 3.86. The molecule has 0 aromatic heterocycles. The zero-order valence-electron chi connectivity index (χ0n) is 9.56. The van der Waals surface area contributed by atoms with Gasteiger partial charge in [-0.2, -0.15) is 0 Å². The van der Waals surface area contributed by atoms with E-state index in [-0.39, 0.29) is 12.4 Å². The normalized spacial score (nSPS) is 13.9. The quantitative estimate of drug-likeness (QED) is 0.611. The highest BCUT2D eigenvalue weighted by Gasteiger charge is 2.20. The van der Waals surface area contributed by atoms with E-state index < -0.39 is 5.60 Å². The number of aliphatic hydroxyl groups is 1. The van der Waals surface area contributed by atoms with Gasteiger partial charge < -0.3 is 9.84 Å². The highest BCUT2D eigenvalue weighted by Crippen LogP contribution is 2.19. The predicted octanol–water partition coefficient (Wildman–Crippen LogP) is 2.21. The van der Waals surface area contributed by atoms with Crippen molar-refractivity contribution in [3.8, 4) is 5.75 Å². The largest absolute Gasteiger partial charge is 0.481 e. The first-order valence-corrected chi connectivity index (χ1v) is 5.05. The Bertz CT molecular complexity index is 381. The van der Waals surface area contributed by atoms with E-state index >= 15 is 0 Å². The first-order valence-electron chi connectivity index (χ1n) is 5.05. The SMILES string of the molecule is C=CC(C)(CO)Oc1ccc(C(C)=O)cc1. The molecule has 1 atom stereocenters. The van der Waals surface area contributed by atoms with Gasteiger partial charge in [0.05, 0.1) is 6.61 Å². The number of carbonyl (C=O) groups is 1. The van der Waals surface area contributed by atoms with Crippen molar-refractivity contribution in [1.29, 1.82) is 0 Å². The van der Waals surface area contributed by atoms with E-state index in [1.807, 2.05) is 0 Å². The fraction of sp³-hybridized carbons (Fsp3) is 0.308. The van der Waals surface area contributed by atoms with Gasteiger partial charge >= 0.3 is 0 Å². The van der Waals surface area contributed by atoms with Gasteiger partial charge in [0.15, 0.2) is 5.78 Å². The van der Waals surface area contributed by atoms with Crippen LogP contribution in [0, 0.1) is 0 Å². The Morgan fingerprint density at radius 2 is 2.06 bits per heavy atom. The van der Waals surface area contributed by atoms with Crippen molar-refractivity contribution < 1.29 is 14.6 Å². The van der Waals surface area contributed by atoms with Crippen molar-refractivity contribution in [2.45, 2.75) is 19.4 Å². The summed E-state index contributed by atoms with van der Waals surface area (Å²) in [6.45, 7) is 6.70. The van der Waals surface area contributed by atoms with Gasteiger partial charge in [0, 0.05) is 5.56 Å². The minimum Gasteiger partial charge on any atom is -0.481 e. The molecule has 1 unspecified atom stereocenters. The van der Waals surface area contributed by atoms with Gasteiger partial charge in [-0.05, 0) is 44.2 Å². The van der Waals surface area contributed by atoms with Gasteiger partial charge in [-0.3, -0.25) is 4.79 Å². The number of hydrogen-bond donors (Lipinski definition) is 1. The molecule has 0 bridgehead atoms. The average molecular weight is 220 g/mol. The summed E-state index contributed by atoms with van der Waals surface area (Å²) < 4.78 is 5.56. The standard InChI is InChI=1S/C13H16O3/c1-4-13(3,9-14)16-12-7-5-11(6-8-12)10(2)15/h4-8,14H,1,9H2,2-3H3. The van der Waals surface area contributed by atoms with Crippen molar-refractivity contribution in [3.63, 3.8) is 0 Å². The maximum atomic E-state index is 11.1. The van der Waals surface area contributed by atoms with Gasteiger partial charge in [-0.25, -0.2) is 0 Å². The van der Waals surface area contributed by atoms with Gasteiger partial charge in [0.1, 0.15) is 11.4 Å². The zero-order valence-corrected chi connectivity index (χ0v) is 9.56. The Labute approximate surface area is 95.4 Å². The molecule has 0 radical (unpaired) electrons. The molecule has 1 aromatic carbocycles. The van der Waals surface area contributed by atoms with Crippen LogP contribution in [-0.4, -0.2) is 23.1 Å². The Morgan fingerprint density at radius 3 is 2.44 bits per heavy atom. The molecule has 3 nitrogen and oxygen atoms in total. The summed E-state index contributed by atoms with van der Waals surface area (Å²) in [6, 6.07) is 6.79. The van der Waals surface area contributed by atoms with Crippen molar-refractivity contribution in [2.24, 2.45) is 0 Å². The monoisotopic (exact) mass is 220 g/mol. The molecule has 3 heteroatoms. The lowest BCUT2D eigenvalue weighted by molar-refractivity contribution is 0.0662. The molecule has 0 aliphatic rings. The zero-order chi connectivity index (χ0) is 12.2. The smallest absolute Gasteiger partial charge is 0.159 e. The molecule has 0 aliphatic carbocycles. The minimum atomic E-state index is -0.794. The number of carbonyl (C=O) groups excluding carboxylic acids is 1. The van der Waals surface area contributed by atoms with Crippen LogP contribution in [0.15, 0.2) is 36.9 Å². The summed E-state index contributed by atoms with van der Waals surface area (Å²) in [7, 11) is 0. The molecule has 86 valence electrons. The fourth-order valence-electron chi connectivity index (χ4n) is 1.17. The van der Waals surface area contributed by atoms with E-state index in [4.69, 9.17) is 9.84 Å². The number of ketones is 1. The number of hydrogen-bond acceptors (Lipinski definition) is 3. The maximum absolute atomic E-state index is 11.1. The van der Waals surface area contributed by atoms with Crippen LogP contribution >= 0.6 is 0 Å². The molecule has 0 fully saturated rings. The number of benzene rings is 1. The molecule has 1 rings (SSSR count). The molecule has 0 aliphatic heterocycles. The van der Waals surface area contributed by atoms with Gasteiger partial charge in [-0.1, -0.05) is 6.58 Å². The van der Waals surface area contributed by atoms with Crippen molar-refractivity contribution in [1.82, 2.24) is 0 Å². The lowest BCUT2D eigenvalue weighted by Gasteiger charge is -2.24. The van der Waals surface area contributed by atoms with E-state index in [0.29, 0.717) is 11.3 Å². The Morgan fingerprint density at radius 1 is 1.50 bits per heavy atom. The first kappa shape index (κ1) is 12.5. The van der Waals surface area contributed by atoms with Crippen LogP contribution in [0.5, 0.6) is 5.75 Å². The van der Waals surface area contributed by atoms with E-state index in [1.54, 1.807) is 37.3 Å². The van der Waals surface area contributed by atoms with Crippen molar-refractivity contribution in [3.05, 3.63) is 42.5 Å². The molecular formula is C13H16O3. The molecule has 16 heavy (non-hydrogen) atoms. The lowest BCUT2D eigenvalue weighted by Crippen LogP contribution is -2.33. The van der Waals surface area contributed by atoms with E-state index in [2.05, 4.69) is 6.58 Å². The third-order valence-electron chi connectivity index (χ3n) is 2.36. The molecule has 0 saturated carbocycles. The van der Waals surface area contributed by atoms with Crippen molar-refractivity contribution >= 4 is 5.78 Å². The first-order chi connectivity index (χ1) is 7.50. The second kappa shape index (κ2) is 4.94. The summed E-state index contributed by atoms with van der Waals surface area (Å²) in [5, 5.41) is 9.14. The second-order valence-electron chi connectivity index (χ2n) is 3.86. The average Bonchev–Trinajstić information content (AvgIpc) is 2.29. The molecule has 0 amide bonds. The molecule has 0 spiro atoms. The van der Waals surface area contributed by atoms with E-state index in [0.717, 1.165) is 0 Å². The van der Waals surface area contributed by atoms with Gasteiger partial charge in [0.25, 0.3) is 0 Å². The van der Waals surface area contributed by atoms with Crippen LogP contribution in [-0.2, 0) is 0 Å². The highest BCUT2D eigenvalue weighted by molar-refractivity contribution is 5.94. The van der Waals surface area contributed by atoms with Crippen LogP contribution in [0.2, 0.25) is 0 Å². The summed E-state index contributed by atoms with van der Waals surface area (Å²) in [4.78, 5) is 11.1. The Kier molecular flexibility index (Phi) is 3.85. The molecule has 1 aromatic rings. The third kappa shape index (κ3) is 2.94. The molecule has 1 N–H and O–H groups in total. The number of aliphatic hydroxyl groups excluding tert-OH is 1. The van der Waals surface area contributed by atoms with Crippen LogP contribution in [0.1, 0.15) is 24.2 Å². The van der Waals surface area contributed by atoms with Crippen molar-refractivity contribution in [2.75, 3.05) is 6.61 Å². The summed E-state index contributed by atoms with van der Waals surface area (Å²) in [5.41, 5.74) is -0.158. The van der Waals surface area contributed by atoms with E-state index in [1.165, 1.54) is 6.92 Å².